The Morgan fingerprint density at radius 2 is 2.00 bits per heavy atom. The SMILES string of the molecule is C[Si](CCC1CCC2OC2C1)O[Si](C)(C)C. The average Bonchev–Trinajstić information content (AvgIpc) is 2.89. The van der Waals surface area contributed by atoms with Gasteiger partial charge in [0.25, 0.3) is 0 Å². The molecule has 0 spiro atoms. The van der Waals surface area contributed by atoms with Gasteiger partial charge in [0.15, 0.2) is 17.4 Å². The van der Waals surface area contributed by atoms with Gasteiger partial charge in [0.2, 0.25) is 0 Å². The maximum absolute atomic E-state index is 6.18. The summed E-state index contributed by atoms with van der Waals surface area (Å²) in [6.45, 7) is 9.22. The van der Waals surface area contributed by atoms with Crippen molar-refractivity contribution in [1.29, 1.82) is 0 Å². The fraction of sp³-hybridized carbons (Fsp3) is 1.00. The predicted molar refractivity (Wildman–Crippen MR) is 71.5 cm³/mol. The van der Waals surface area contributed by atoms with Gasteiger partial charge in [0.1, 0.15) is 0 Å². The molecule has 0 aromatic carbocycles. The Kier molecular flexibility index (Phi) is 3.94. The Morgan fingerprint density at radius 3 is 2.62 bits per heavy atom. The second kappa shape index (κ2) is 4.92. The molecular weight excluding hydrogens is 232 g/mol. The van der Waals surface area contributed by atoms with Gasteiger partial charge in [-0.3, -0.25) is 0 Å². The first-order valence-corrected chi connectivity index (χ1v) is 12.1. The van der Waals surface area contributed by atoms with E-state index in [1.807, 2.05) is 0 Å². The zero-order valence-electron chi connectivity index (χ0n) is 11.1. The molecule has 3 atom stereocenters. The van der Waals surface area contributed by atoms with E-state index in [2.05, 4.69) is 26.2 Å². The van der Waals surface area contributed by atoms with Crippen molar-refractivity contribution in [3.8, 4) is 0 Å². The van der Waals surface area contributed by atoms with Gasteiger partial charge in [-0.2, -0.15) is 0 Å². The molecule has 1 aliphatic heterocycles. The molecule has 2 rings (SSSR count). The van der Waals surface area contributed by atoms with E-state index in [9.17, 15) is 0 Å². The van der Waals surface area contributed by atoms with Crippen LogP contribution in [0.3, 0.4) is 0 Å². The summed E-state index contributed by atoms with van der Waals surface area (Å²) in [6.07, 6.45) is 6.71. The topological polar surface area (TPSA) is 21.8 Å². The molecule has 2 fully saturated rings. The predicted octanol–water partition coefficient (Wildman–Crippen LogP) is 3.42. The number of hydrogen-bond donors (Lipinski definition) is 0. The van der Waals surface area contributed by atoms with Crippen LogP contribution in [0.2, 0.25) is 32.2 Å². The minimum absolute atomic E-state index is 0.529. The van der Waals surface area contributed by atoms with Crippen LogP contribution >= 0.6 is 0 Å². The summed E-state index contributed by atoms with van der Waals surface area (Å²) >= 11 is 0. The lowest BCUT2D eigenvalue weighted by atomic mass is 9.88. The van der Waals surface area contributed by atoms with E-state index < -0.39 is 17.4 Å². The van der Waals surface area contributed by atoms with E-state index in [4.69, 9.17) is 8.85 Å². The molecule has 0 bridgehead atoms. The lowest BCUT2D eigenvalue weighted by Crippen LogP contribution is -2.33. The minimum Gasteiger partial charge on any atom is -0.456 e. The van der Waals surface area contributed by atoms with Crippen LogP contribution in [-0.4, -0.2) is 29.6 Å². The third-order valence-corrected chi connectivity index (χ3v) is 8.33. The number of rotatable bonds is 5. The van der Waals surface area contributed by atoms with Crippen LogP contribution in [0.15, 0.2) is 0 Å². The van der Waals surface area contributed by atoms with Crippen LogP contribution in [0.4, 0.5) is 0 Å². The summed E-state index contributed by atoms with van der Waals surface area (Å²) < 4.78 is 11.8. The molecule has 1 saturated carbocycles. The van der Waals surface area contributed by atoms with Crippen LogP contribution < -0.4 is 0 Å². The second-order valence-electron chi connectivity index (χ2n) is 6.35. The highest BCUT2D eigenvalue weighted by atomic mass is 28.4. The molecule has 1 radical (unpaired) electrons. The molecule has 1 aliphatic carbocycles. The normalized spacial score (nSPS) is 33.9. The summed E-state index contributed by atoms with van der Waals surface area (Å²) in [5.74, 6) is 0.925. The molecule has 1 heterocycles. The van der Waals surface area contributed by atoms with Crippen molar-refractivity contribution in [3.05, 3.63) is 0 Å². The molecule has 0 N–H and O–H groups in total. The Morgan fingerprint density at radius 1 is 1.25 bits per heavy atom. The summed E-state index contributed by atoms with van der Waals surface area (Å²) in [4.78, 5) is 0. The highest BCUT2D eigenvalue weighted by molar-refractivity contribution is 6.77. The lowest BCUT2D eigenvalue weighted by molar-refractivity contribution is 0.356. The molecule has 4 heteroatoms. The van der Waals surface area contributed by atoms with Crippen LogP contribution in [0.5, 0.6) is 0 Å². The quantitative estimate of drug-likeness (QED) is 0.556. The van der Waals surface area contributed by atoms with Gasteiger partial charge in [-0.15, -0.1) is 0 Å². The Hall–Kier alpha value is 0.354. The van der Waals surface area contributed by atoms with Crippen LogP contribution in [0, 0.1) is 5.92 Å². The minimum atomic E-state index is -1.29. The third-order valence-electron chi connectivity index (χ3n) is 3.50. The molecule has 0 amide bonds. The first kappa shape index (κ1) is 12.8. The van der Waals surface area contributed by atoms with Crippen molar-refractivity contribution in [2.24, 2.45) is 5.92 Å². The van der Waals surface area contributed by atoms with E-state index in [-0.39, 0.29) is 0 Å². The highest BCUT2D eigenvalue weighted by Gasteiger charge is 2.43. The largest absolute Gasteiger partial charge is 0.456 e. The zero-order valence-corrected chi connectivity index (χ0v) is 13.1. The number of fused-ring (bicyclic) bond motifs is 1. The van der Waals surface area contributed by atoms with Gasteiger partial charge >= 0.3 is 0 Å². The average molecular weight is 258 g/mol. The third kappa shape index (κ3) is 3.98. The van der Waals surface area contributed by atoms with E-state index in [1.54, 1.807) is 0 Å². The summed E-state index contributed by atoms with van der Waals surface area (Å²) in [5, 5.41) is 0. The van der Waals surface area contributed by atoms with Gasteiger partial charge in [-0.1, -0.05) is 6.42 Å². The van der Waals surface area contributed by atoms with Crippen molar-refractivity contribution in [3.63, 3.8) is 0 Å². The maximum atomic E-state index is 6.18. The molecule has 16 heavy (non-hydrogen) atoms. The molecule has 2 nitrogen and oxygen atoms in total. The summed E-state index contributed by atoms with van der Waals surface area (Å²) in [5.41, 5.74) is 0. The molecule has 93 valence electrons. The van der Waals surface area contributed by atoms with Crippen molar-refractivity contribution in [2.45, 2.75) is 70.1 Å². The van der Waals surface area contributed by atoms with Gasteiger partial charge < -0.3 is 8.85 Å². The molecule has 1 saturated heterocycles. The highest BCUT2D eigenvalue weighted by Crippen LogP contribution is 2.41. The fourth-order valence-corrected chi connectivity index (χ4v) is 8.13. The first-order valence-electron chi connectivity index (χ1n) is 6.61. The van der Waals surface area contributed by atoms with Crippen molar-refractivity contribution >= 4 is 17.4 Å². The summed E-state index contributed by atoms with van der Waals surface area (Å²) in [7, 11) is -1.82. The second-order valence-corrected chi connectivity index (χ2v) is 13.3. The van der Waals surface area contributed by atoms with Crippen molar-refractivity contribution in [1.82, 2.24) is 0 Å². The Labute approximate surface area is 103 Å². The van der Waals surface area contributed by atoms with Crippen LogP contribution in [-0.2, 0) is 8.85 Å². The van der Waals surface area contributed by atoms with Gasteiger partial charge in [0, 0.05) is 0 Å². The maximum Gasteiger partial charge on any atom is 0.194 e. The molecule has 0 aromatic heterocycles. The lowest BCUT2D eigenvalue weighted by Gasteiger charge is -2.24. The van der Waals surface area contributed by atoms with Gasteiger partial charge in [0.05, 0.1) is 12.2 Å². The Balaban J connectivity index is 1.63. The van der Waals surface area contributed by atoms with Crippen molar-refractivity contribution < 1.29 is 8.85 Å². The molecule has 2 aliphatic rings. The van der Waals surface area contributed by atoms with E-state index >= 15 is 0 Å². The first-order chi connectivity index (χ1) is 7.44. The monoisotopic (exact) mass is 257 g/mol. The standard InChI is InChI=1S/C12H25O2Si2/c1-15(14-16(2,3)4)8-7-10-5-6-11-12(9-10)13-11/h10-12H,5-9H2,1-4H3. The zero-order chi connectivity index (χ0) is 11.8. The number of hydrogen-bond acceptors (Lipinski definition) is 2. The Bertz CT molecular complexity index is 240. The molecule has 0 aromatic rings. The van der Waals surface area contributed by atoms with E-state index in [0.717, 1.165) is 5.92 Å². The van der Waals surface area contributed by atoms with Crippen LogP contribution in [0.1, 0.15) is 25.7 Å². The summed E-state index contributed by atoms with van der Waals surface area (Å²) in [6, 6.07) is 1.33. The molecule has 3 unspecified atom stereocenters. The number of ether oxygens (including phenoxy) is 1. The molecular formula is C12H25O2Si2. The van der Waals surface area contributed by atoms with E-state index in [1.165, 1.54) is 31.7 Å². The smallest absolute Gasteiger partial charge is 0.194 e. The van der Waals surface area contributed by atoms with Gasteiger partial charge in [-0.25, -0.2) is 0 Å². The van der Waals surface area contributed by atoms with Gasteiger partial charge in [-0.05, 0) is 57.4 Å². The van der Waals surface area contributed by atoms with E-state index in [0.29, 0.717) is 12.2 Å². The van der Waals surface area contributed by atoms with Crippen LogP contribution in [0.25, 0.3) is 0 Å². The number of epoxide rings is 1. The van der Waals surface area contributed by atoms with Crippen molar-refractivity contribution in [2.75, 3.05) is 0 Å². The fourth-order valence-electron chi connectivity index (χ4n) is 2.73.